The molecule has 33 heavy (non-hydrogen) atoms. The molecule has 1 amide bonds. The number of thioether (sulfide) groups is 1. The van der Waals surface area contributed by atoms with Gasteiger partial charge in [0.1, 0.15) is 5.75 Å². The van der Waals surface area contributed by atoms with E-state index in [1.807, 2.05) is 48.7 Å². The van der Waals surface area contributed by atoms with Crippen LogP contribution in [0.3, 0.4) is 0 Å². The van der Waals surface area contributed by atoms with E-state index in [0.29, 0.717) is 17.3 Å². The SMILES string of the molecule is CCN(CC)c1ccc(/C=N\NC(=O)CSc2nnc(-c3ccc(C)cc3)n2CC)c(O)c1. The molecule has 0 aliphatic rings. The summed E-state index contributed by atoms with van der Waals surface area (Å²) in [6.07, 6.45) is 1.44. The number of hydrogen-bond acceptors (Lipinski definition) is 7. The molecule has 2 N–H and O–H groups in total. The van der Waals surface area contributed by atoms with Gasteiger partial charge < -0.3 is 14.6 Å². The van der Waals surface area contributed by atoms with Crippen LogP contribution < -0.4 is 10.3 Å². The minimum Gasteiger partial charge on any atom is -0.507 e. The summed E-state index contributed by atoms with van der Waals surface area (Å²) in [6, 6.07) is 13.5. The van der Waals surface area contributed by atoms with E-state index in [1.165, 1.54) is 23.5 Å². The first-order valence-electron chi connectivity index (χ1n) is 11.0. The van der Waals surface area contributed by atoms with Gasteiger partial charge >= 0.3 is 0 Å². The third kappa shape index (κ3) is 6.13. The van der Waals surface area contributed by atoms with Gasteiger partial charge in [0.05, 0.1) is 12.0 Å². The summed E-state index contributed by atoms with van der Waals surface area (Å²) in [4.78, 5) is 14.4. The molecule has 2 aromatic carbocycles. The number of nitrogens with one attached hydrogen (secondary N) is 1. The standard InChI is InChI=1S/C24H30N6O2S/c1-5-29(6-2)20-13-12-19(21(31)14-20)15-25-26-22(32)16-33-24-28-27-23(30(24)7-3)18-10-8-17(4)9-11-18/h8-15,31H,5-7,16H2,1-4H3,(H,26,32)/b25-15-. The molecule has 0 aliphatic carbocycles. The van der Waals surface area contributed by atoms with Crippen LogP contribution in [0.15, 0.2) is 52.7 Å². The third-order valence-corrected chi connectivity index (χ3v) is 6.18. The highest BCUT2D eigenvalue weighted by atomic mass is 32.2. The Morgan fingerprint density at radius 3 is 2.52 bits per heavy atom. The largest absolute Gasteiger partial charge is 0.507 e. The lowest BCUT2D eigenvalue weighted by Gasteiger charge is -2.21. The average Bonchev–Trinajstić information content (AvgIpc) is 3.23. The van der Waals surface area contributed by atoms with Crippen LogP contribution in [0.5, 0.6) is 5.75 Å². The molecule has 0 unspecified atom stereocenters. The Bertz CT molecular complexity index is 1110. The molecule has 8 nitrogen and oxygen atoms in total. The zero-order valence-corrected chi connectivity index (χ0v) is 20.3. The van der Waals surface area contributed by atoms with Crippen molar-refractivity contribution in [2.45, 2.75) is 39.4 Å². The highest BCUT2D eigenvalue weighted by Crippen LogP contribution is 2.25. The van der Waals surface area contributed by atoms with Crippen LogP contribution in [0, 0.1) is 6.92 Å². The van der Waals surface area contributed by atoms with Crippen molar-refractivity contribution in [3.8, 4) is 17.1 Å². The van der Waals surface area contributed by atoms with E-state index in [2.05, 4.69) is 39.5 Å². The second-order valence-corrected chi connectivity index (χ2v) is 8.36. The fourth-order valence-electron chi connectivity index (χ4n) is 3.36. The molecule has 0 spiro atoms. The Hall–Kier alpha value is -3.33. The van der Waals surface area contributed by atoms with E-state index in [-0.39, 0.29) is 17.4 Å². The van der Waals surface area contributed by atoms with E-state index in [1.54, 1.807) is 12.1 Å². The number of aryl methyl sites for hydroxylation is 1. The minimum absolute atomic E-state index is 0.117. The topological polar surface area (TPSA) is 95.6 Å². The zero-order valence-electron chi connectivity index (χ0n) is 19.4. The number of phenolic OH excluding ortho intramolecular Hbond substituents is 1. The molecular formula is C24H30N6O2S. The number of hydrogen-bond donors (Lipinski definition) is 2. The summed E-state index contributed by atoms with van der Waals surface area (Å²) in [5.74, 6) is 0.780. The highest BCUT2D eigenvalue weighted by Gasteiger charge is 2.14. The summed E-state index contributed by atoms with van der Waals surface area (Å²) < 4.78 is 1.99. The summed E-state index contributed by atoms with van der Waals surface area (Å²) in [5.41, 5.74) is 6.15. The van der Waals surface area contributed by atoms with E-state index >= 15 is 0 Å². The number of phenols is 1. The Morgan fingerprint density at radius 1 is 1.15 bits per heavy atom. The van der Waals surface area contributed by atoms with Gasteiger partial charge in [0.25, 0.3) is 5.91 Å². The van der Waals surface area contributed by atoms with Gasteiger partial charge in [0, 0.05) is 42.5 Å². The van der Waals surface area contributed by atoms with Crippen molar-refractivity contribution < 1.29 is 9.90 Å². The summed E-state index contributed by atoms with van der Waals surface area (Å²) in [6.45, 7) is 10.6. The minimum atomic E-state index is -0.266. The van der Waals surface area contributed by atoms with Crippen molar-refractivity contribution in [1.82, 2.24) is 20.2 Å². The monoisotopic (exact) mass is 466 g/mol. The quantitative estimate of drug-likeness (QED) is 0.266. The van der Waals surface area contributed by atoms with Crippen molar-refractivity contribution in [2.75, 3.05) is 23.7 Å². The van der Waals surface area contributed by atoms with Crippen molar-refractivity contribution in [3.05, 3.63) is 53.6 Å². The number of benzene rings is 2. The van der Waals surface area contributed by atoms with Gasteiger partial charge in [-0.05, 0) is 39.8 Å². The molecule has 0 atom stereocenters. The second kappa shape index (κ2) is 11.5. The molecule has 0 radical (unpaired) electrons. The molecule has 0 bridgehead atoms. The first-order valence-corrected chi connectivity index (χ1v) is 12.0. The van der Waals surface area contributed by atoms with Gasteiger partial charge in [-0.2, -0.15) is 5.10 Å². The molecule has 1 heterocycles. The first kappa shape index (κ1) is 24.3. The zero-order chi connectivity index (χ0) is 23.8. The number of carbonyl (C=O) groups is 1. The average molecular weight is 467 g/mol. The van der Waals surface area contributed by atoms with Crippen LogP contribution in [0.2, 0.25) is 0 Å². The number of amides is 1. The number of carbonyl (C=O) groups excluding carboxylic acids is 1. The van der Waals surface area contributed by atoms with Crippen LogP contribution in [0.25, 0.3) is 11.4 Å². The van der Waals surface area contributed by atoms with E-state index in [9.17, 15) is 9.90 Å². The Morgan fingerprint density at radius 2 is 1.88 bits per heavy atom. The number of anilines is 1. The van der Waals surface area contributed by atoms with Gasteiger partial charge in [-0.3, -0.25) is 4.79 Å². The fraction of sp³-hybridized carbons (Fsp3) is 0.333. The summed E-state index contributed by atoms with van der Waals surface area (Å²) in [5, 5.41) is 23.5. The first-order chi connectivity index (χ1) is 16.0. The maximum Gasteiger partial charge on any atom is 0.250 e. The molecule has 0 fully saturated rings. The van der Waals surface area contributed by atoms with Crippen LogP contribution in [-0.4, -0.2) is 50.8 Å². The number of rotatable bonds is 10. The Labute approximate surface area is 198 Å². The van der Waals surface area contributed by atoms with Crippen molar-refractivity contribution in [1.29, 1.82) is 0 Å². The number of hydrazone groups is 1. The van der Waals surface area contributed by atoms with Crippen LogP contribution in [0.1, 0.15) is 31.9 Å². The smallest absolute Gasteiger partial charge is 0.250 e. The molecule has 0 saturated carbocycles. The summed E-state index contributed by atoms with van der Waals surface area (Å²) in [7, 11) is 0. The van der Waals surface area contributed by atoms with Gasteiger partial charge in [-0.15, -0.1) is 10.2 Å². The lowest BCUT2D eigenvalue weighted by atomic mass is 10.1. The number of nitrogens with zero attached hydrogens (tertiary/aromatic N) is 5. The maximum atomic E-state index is 12.3. The Balaban J connectivity index is 1.58. The van der Waals surface area contributed by atoms with Crippen LogP contribution in [-0.2, 0) is 11.3 Å². The third-order valence-electron chi connectivity index (χ3n) is 5.21. The van der Waals surface area contributed by atoms with Crippen molar-refractivity contribution in [3.63, 3.8) is 0 Å². The maximum absolute atomic E-state index is 12.3. The predicted molar refractivity (Wildman–Crippen MR) is 134 cm³/mol. The molecule has 0 saturated heterocycles. The van der Waals surface area contributed by atoms with Crippen LogP contribution >= 0.6 is 11.8 Å². The molecule has 9 heteroatoms. The van der Waals surface area contributed by atoms with Gasteiger partial charge in [0.2, 0.25) is 0 Å². The predicted octanol–water partition coefficient (Wildman–Crippen LogP) is 4.07. The molecular weight excluding hydrogens is 436 g/mol. The Kier molecular flexibility index (Phi) is 8.48. The van der Waals surface area contributed by atoms with Crippen molar-refractivity contribution in [2.24, 2.45) is 5.10 Å². The number of aromatic nitrogens is 3. The highest BCUT2D eigenvalue weighted by molar-refractivity contribution is 7.99. The molecule has 0 aliphatic heterocycles. The van der Waals surface area contributed by atoms with E-state index in [4.69, 9.17) is 0 Å². The van der Waals surface area contributed by atoms with Crippen LogP contribution in [0.4, 0.5) is 5.69 Å². The molecule has 174 valence electrons. The molecule has 3 rings (SSSR count). The molecule has 3 aromatic rings. The molecule has 1 aromatic heterocycles. The van der Waals surface area contributed by atoms with E-state index < -0.39 is 0 Å². The second-order valence-electron chi connectivity index (χ2n) is 7.41. The van der Waals surface area contributed by atoms with Gasteiger partial charge in [-0.1, -0.05) is 41.6 Å². The van der Waals surface area contributed by atoms with Gasteiger partial charge in [0.15, 0.2) is 11.0 Å². The lowest BCUT2D eigenvalue weighted by Crippen LogP contribution is -2.21. The fourth-order valence-corrected chi connectivity index (χ4v) is 4.15. The number of aromatic hydroxyl groups is 1. The van der Waals surface area contributed by atoms with Gasteiger partial charge in [-0.25, -0.2) is 5.43 Å². The lowest BCUT2D eigenvalue weighted by molar-refractivity contribution is -0.118. The normalized spacial score (nSPS) is 11.2. The van der Waals surface area contributed by atoms with E-state index in [0.717, 1.165) is 30.2 Å². The summed E-state index contributed by atoms with van der Waals surface area (Å²) >= 11 is 1.31. The van der Waals surface area contributed by atoms with Crippen molar-refractivity contribution >= 4 is 29.6 Å².